The first-order valence-electron chi connectivity index (χ1n) is 9.36. The van der Waals surface area contributed by atoms with E-state index in [-0.39, 0.29) is 18.0 Å². The lowest BCUT2D eigenvalue weighted by molar-refractivity contribution is -0.119. The zero-order chi connectivity index (χ0) is 19.3. The van der Waals surface area contributed by atoms with E-state index in [1.54, 1.807) is 21.9 Å². The summed E-state index contributed by atoms with van der Waals surface area (Å²) in [6.07, 6.45) is 1.26. The third-order valence-electron chi connectivity index (χ3n) is 5.52. The van der Waals surface area contributed by atoms with Crippen molar-refractivity contribution >= 4 is 29.2 Å². The highest BCUT2D eigenvalue weighted by atomic mass is 35.5. The molecule has 2 atom stereocenters. The minimum absolute atomic E-state index is 0.0930. The molecule has 3 aliphatic rings. The molecule has 1 fully saturated rings. The number of hydrogen-bond acceptors (Lipinski definition) is 3. The Morgan fingerprint density at radius 1 is 0.964 bits per heavy atom. The summed E-state index contributed by atoms with van der Waals surface area (Å²) in [4.78, 5) is 29.8. The number of anilines is 1. The summed E-state index contributed by atoms with van der Waals surface area (Å²) in [5.74, 6) is 0.432. The number of nitrogens with zero attached hydrogens (tertiary/aromatic N) is 2. The SMILES string of the molecule is O=C1NC(c2ccc(Cl)cc2)NC2=C1C1CCCN1C(=O)N2c1ccccc1. The Morgan fingerprint density at radius 3 is 2.46 bits per heavy atom. The number of hydrogen-bond donors (Lipinski definition) is 2. The summed E-state index contributed by atoms with van der Waals surface area (Å²) in [6, 6.07) is 16.5. The van der Waals surface area contributed by atoms with Crippen LogP contribution in [0.25, 0.3) is 0 Å². The minimum Gasteiger partial charge on any atom is -0.347 e. The smallest absolute Gasteiger partial charge is 0.330 e. The van der Waals surface area contributed by atoms with E-state index < -0.39 is 6.17 Å². The summed E-state index contributed by atoms with van der Waals surface area (Å²) in [7, 11) is 0. The summed E-state index contributed by atoms with van der Waals surface area (Å²) in [5.41, 5.74) is 2.24. The molecule has 1 saturated heterocycles. The van der Waals surface area contributed by atoms with Gasteiger partial charge in [0.1, 0.15) is 12.0 Å². The van der Waals surface area contributed by atoms with Gasteiger partial charge in [-0.2, -0.15) is 0 Å². The van der Waals surface area contributed by atoms with Crippen LogP contribution in [0.1, 0.15) is 24.6 Å². The molecule has 0 aliphatic carbocycles. The molecule has 142 valence electrons. The van der Waals surface area contributed by atoms with Crippen molar-refractivity contribution in [3.63, 3.8) is 0 Å². The first-order chi connectivity index (χ1) is 13.6. The molecule has 3 aliphatic heterocycles. The van der Waals surface area contributed by atoms with E-state index in [9.17, 15) is 9.59 Å². The van der Waals surface area contributed by atoms with Crippen LogP contribution in [-0.4, -0.2) is 29.4 Å². The Hall–Kier alpha value is -2.99. The van der Waals surface area contributed by atoms with Gasteiger partial charge in [-0.15, -0.1) is 0 Å². The molecule has 2 N–H and O–H groups in total. The minimum atomic E-state index is -0.435. The lowest BCUT2D eigenvalue weighted by atomic mass is 9.98. The van der Waals surface area contributed by atoms with Crippen LogP contribution >= 0.6 is 11.6 Å². The number of rotatable bonds is 2. The Kier molecular flexibility index (Phi) is 4.02. The van der Waals surface area contributed by atoms with Crippen molar-refractivity contribution in [1.82, 2.24) is 15.5 Å². The summed E-state index contributed by atoms with van der Waals surface area (Å²) < 4.78 is 0. The molecule has 2 aromatic carbocycles. The standard InChI is InChI=1S/C21H19ClN4O2/c22-14-10-8-13(9-11-14)18-23-19-17(20(27)24-18)16-7-4-12-25(16)21(28)26(19)15-5-2-1-3-6-15/h1-3,5-6,8-11,16,18,23H,4,7,12H2,(H,24,27). The number of para-hydroxylation sites is 1. The van der Waals surface area contributed by atoms with Crippen LogP contribution in [0.15, 0.2) is 66.0 Å². The van der Waals surface area contributed by atoms with Gasteiger partial charge in [-0.3, -0.25) is 4.79 Å². The number of carbonyl (C=O) groups is 2. The fourth-order valence-corrected chi connectivity index (χ4v) is 4.35. The van der Waals surface area contributed by atoms with E-state index in [4.69, 9.17) is 11.6 Å². The fraction of sp³-hybridized carbons (Fsp3) is 0.238. The molecule has 0 saturated carbocycles. The van der Waals surface area contributed by atoms with Gasteiger partial charge in [0.05, 0.1) is 17.3 Å². The maximum atomic E-state index is 13.3. The van der Waals surface area contributed by atoms with Gasteiger partial charge >= 0.3 is 6.03 Å². The van der Waals surface area contributed by atoms with E-state index in [0.717, 1.165) is 24.1 Å². The van der Waals surface area contributed by atoms with Crippen molar-refractivity contribution in [3.8, 4) is 0 Å². The summed E-state index contributed by atoms with van der Waals surface area (Å²) in [6.45, 7) is 0.664. The highest BCUT2D eigenvalue weighted by Gasteiger charge is 2.47. The van der Waals surface area contributed by atoms with E-state index >= 15 is 0 Å². The van der Waals surface area contributed by atoms with Crippen LogP contribution in [0.3, 0.4) is 0 Å². The van der Waals surface area contributed by atoms with Crippen LogP contribution in [0, 0.1) is 0 Å². The average molecular weight is 395 g/mol. The molecule has 6 nitrogen and oxygen atoms in total. The zero-order valence-electron chi connectivity index (χ0n) is 15.1. The third kappa shape index (κ3) is 2.64. The molecule has 3 amide bonds. The second-order valence-electron chi connectivity index (χ2n) is 7.17. The Morgan fingerprint density at radius 2 is 1.71 bits per heavy atom. The quantitative estimate of drug-likeness (QED) is 0.820. The molecular formula is C21H19ClN4O2. The van der Waals surface area contributed by atoms with E-state index in [2.05, 4.69) is 10.6 Å². The van der Waals surface area contributed by atoms with Crippen molar-refractivity contribution in [3.05, 3.63) is 76.6 Å². The van der Waals surface area contributed by atoms with Gasteiger partial charge in [-0.25, -0.2) is 9.69 Å². The largest absolute Gasteiger partial charge is 0.347 e. The van der Waals surface area contributed by atoms with Gasteiger partial charge in [0.2, 0.25) is 0 Å². The molecule has 7 heteroatoms. The second-order valence-corrected chi connectivity index (χ2v) is 7.61. The first-order valence-corrected chi connectivity index (χ1v) is 9.74. The number of carbonyl (C=O) groups excluding carboxylic acids is 2. The maximum Gasteiger partial charge on any atom is 0.330 e. The van der Waals surface area contributed by atoms with Crippen LogP contribution < -0.4 is 15.5 Å². The third-order valence-corrected chi connectivity index (χ3v) is 5.77. The summed E-state index contributed by atoms with van der Waals surface area (Å²) >= 11 is 6.00. The molecule has 3 heterocycles. The molecule has 0 spiro atoms. The van der Waals surface area contributed by atoms with Gasteiger partial charge in [0.25, 0.3) is 5.91 Å². The molecule has 5 rings (SSSR count). The number of urea groups is 1. The highest BCUT2D eigenvalue weighted by molar-refractivity contribution is 6.30. The van der Waals surface area contributed by atoms with E-state index in [1.807, 2.05) is 42.5 Å². The van der Waals surface area contributed by atoms with Gasteiger partial charge in [0.15, 0.2) is 0 Å². The Bertz CT molecular complexity index is 974. The van der Waals surface area contributed by atoms with Crippen molar-refractivity contribution in [1.29, 1.82) is 0 Å². The van der Waals surface area contributed by atoms with Crippen molar-refractivity contribution in [2.24, 2.45) is 0 Å². The predicted molar refractivity (Wildman–Crippen MR) is 107 cm³/mol. The highest BCUT2D eigenvalue weighted by Crippen LogP contribution is 2.37. The van der Waals surface area contributed by atoms with Gasteiger partial charge in [0, 0.05) is 11.6 Å². The topological polar surface area (TPSA) is 64.7 Å². The lowest BCUT2D eigenvalue weighted by Crippen LogP contribution is -2.60. The van der Waals surface area contributed by atoms with Crippen LogP contribution in [0.5, 0.6) is 0 Å². The van der Waals surface area contributed by atoms with Crippen molar-refractivity contribution < 1.29 is 9.59 Å². The molecule has 2 aromatic rings. The molecule has 0 radical (unpaired) electrons. The first kappa shape index (κ1) is 17.1. The number of fused-ring (bicyclic) bond motifs is 2. The second kappa shape index (κ2) is 6.56. The maximum absolute atomic E-state index is 13.3. The van der Waals surface area contributed by atoms with Crippen LogP contribution in [0.2, 0.25) is 5.02 Å². The van der Waals surface area contributed by atoms with E-state index in [1.165, 1.54) is 0 Å². The summed E-state index contributed by atoms with van der Waals surface area (Å²) in [5, 5.41) is 7.06. The Balaban J connectivity index is 1.61. The van der Waals surface area contributed by atoms with Gasteiger partial charge in [-0.1, -0.05) is 41.9 Å². The molecular weight excluding hydrogens is 376 g/mol. The normalized spacial score (nSPS) is 23.9. The lowest BCUT2D eigenvalue weighted by Gasteiger charge is -2.44. The Labute approximate surface area is 167 Å². The fourth-order valence-electron chi connectivity index (χ4n) is 4.22. The number of amides is 3. The number of benzene rings is 2. The van der Waals surface area contributed by atoms with Crippen molar-refractivity contribution in [2.45, 2.75) is 25.0 Å². The molecule has 0 aromatic heterocycles. The predicted octanol–water partition coefficient (Wildman–Crippen LogP) is 3.37. The van der Waals surface area contributed by atoms with Crippen LogP contribution in [-0.2, 0) is 4.79 Å². The van der Waals surface area contributed by atoms with E-state index in [0.29, 0.717) is 23.0 Å². The number of halogens is 1. The van der Waals surface area contributed by atoms with Gasteiger partial charge in [-0.05, 0) is 42.7 Å². The molecule has 28 heavy (non-hydrogen) atoms. The monoisotopic (exact) mass is 394 g/mol. The van der Waals surface area contributed by atoms with Crippen molar-refractivity contribution in [2.75, 3.05) is 11.4 Å². The average Bonchev–Trinajstić information content (AvgIpc) is 3.19. The molecule has 0 bridgehead atoms. The molecule has 2 unspecified atom stereocenters. The van der Waals surface area contributed by atoms with Gasteiger partial charge < -0.3 is 15.5 Å². The van der Waals surface area contributed by atoms with Crippen LogP contribution in [0.4, 0.5) is 10.5 Å². The number of nitrogens with one attached hydrogen (secondary N) is 2. The zero-order valence-corrected chi connectivity index (χ0v) is 15.8.